The van der Waals surface area contributed by atoms with Gasteiger partial charge in [0.2, 0.25) is 0 Å². The van der Waals surface area contributed by atoms with Crippen molar-refractivity contribution in [3.05, 3.63) is 188 Å². The lowest BCUT2D eigenvalue weighted by Crippen LogP contribution is -2.00. The number of thiophene rings is 1. The third-order valence-corrected chi connectivity index (χ3v) is 10.7. The van der Waals surface area contributed by atoms with Gasteiger partial charge in [0.15, 0.2) is 17.5 Å². The first-order valence-electron chi connectivity index (χ1n) is 24.8. The first kappa shape index (κ1) is 19.9. The van der Waals surface area contributed by atoms with Gasteiger partial charge in [0.25, 0.3) is 0 Å². The quantitative estimate of drug-likeness (QED) is 0.165. The molecule has 0 spiro atoms. The Bertz CT molecular complexity index is 4050. The van der Waals surface area contributed by atoms with Crippen molar-refractivity contribution >= 4 is 63.8 Å². The maximum Gasteiger partial charge on any atom is 0.164 e. The highest BCUT2D eigenvalue weighted by Gasteiger charge is 2.17. The number of nitrogens with zero attached hydrogens (tertiary/aromatic N) is 3. The average Bonchev–Trinajstić information content (AvgIpc) is 3.76. The predicted octanol–water partition coefficient (Wildman–Crippen LogP) is 14.0. The summed E-state index contributed by atoms with van der Waals surface area (Å²) in [6.07, 6.45) is 0. The van der Waals surface area contributed by atoms with Gasteiger partial charge in [-0.15, -0.1) is 11.3 Å². The van der Waals surface area contributed by atoms with E-state index < -0.39 is 107 Å². The number of benzene rings is 9. The van der Waals surface area contributed by atoms with E-state index in [9.17, 15) is 9.60 Å². The van der Waals surface area contributed by atoms with Gasteiger partial charge in [-0.1, -0.05) is 170 Å². The zero-order chi connectivity index (χ0) is 49.3. The molecular weight excluding hydrogens is 687 g/mol. The third kappa shape index (κ3) is 5.38. The van der Waals surface area contributed by atoms with E-state index in [2.05, 4.69) is 0 Å². The molecule has 0 atom stereocenters. The molecule has 55 heavy (non-hydrogen) atoms. The summed E-state index contributed by atoms with van der Waals surface area (Å²) in [7, 11) is 0. The maximum atomic E-state index is 9.69. The fraction of sp³-hybridized carbons (Fsp3) is 0. The number of hydrogen-bond donors (Lipinski definition) is 0. The van der Waals surface area contributed by atoms with Crippen LogP contribution in [0, 0.1) is 0 Å². The first-order chi connectivity index (χ1) is 33.5. The van der Waals surface area contributed by atoms with E-state index in [0.717, 1.165) is 31.3 Å². The molecule has 0 saturated carbocycles. The Hall–Kier alpha value is -7.01. The van der Waals surface area contributed by atoms with Gasteiger partial charge in [-0.3, -0.25) is 0 Å². The largest absolute Gasteiger partial charge is 0.208 e. The fourth-order valence-corrected chi connectivity index (χ4v) is 8.10. The second-order valence-corrected chi connectivity index (χ2v) is 13.9. The van der Waals surface area contributed by atoms with Crippen molar-refractivity contribution in [2.75, 3.05) is 0 Å². The van der Waals surface area contributed by atoms with E-state index in [1.165, 1.54) is 0 Å². The molecule has 11 rings (SSSR count). The van der Waals surface area contributed by atoms with Crippen LogP contribution in [0.1, 0.15) is 20.6 Å². The molecule has 0 N–H and O–H groups in total. The number of rotatable bonds is 5. The molecule has 2 aromatic heterocycles. The van der Waals surface area contributed by atoms with Crippen LogP contribution in [0.25, 0.3) is 109 Å². The van der Waals surface area contributed by atoms with E-state index in [0.29, 0.717) is 11.1 Å². The molecule has 0 aliphatic rings. The van der Waals surface area contributed by atoms with E-state index >= 15 is 0 Å². The summed E-state index contributed by atoms with van der Waals surface area (Å²) in [4.78, 5) is 14.6. The van der Waals surface area contributed by atoms with Crippen LogP contribution < -0.4 is 0 Å². The van der Waals surface area contributed by atoms with E-state index in [4.69, 9.17) is 25.9 Å². The van der Waals surface area contributed by atoms with Gasteiger partial charge in [0.1, 0.15) is 0 Å². The van der Waals surface area contributed by atoms with Crippen molar-refractivity contribution in [1.29, 1.82) is 0 Å². The van der Waals surface area contributed by atoms with Gasteiger partial charge in [-0.25, -0.2) is 15.0 Å². The van der Waals surface area contributed by atoms with Crippen molar-refractivity contribution in [1.82, 2.24) is 15.0 Å². The van der Waals surface area contributed by atoms with Crippen molar-refractivity contribution in [3.8, 4) is 56.4 Å². The normalized spacial score (nSPS) is 15.5. The molecule has 256 valence electrons. The monoisotopic (exact) mass is 732 g/mol. The maximum absolute atomic E-state index is 9.69. The van der Waals surface area contributed by atoms with Crippen molar-refractivity contribution in [2.24, 2.45) is 0 Å². The molecular formula is C51H31N3S. The van der Waals surface area contributed by atoms with Crippen LogP contribution >= 0.6 is 11.3 Å². The second kappa shape index (κ2) is 12.8. The molecule has 0 fully saturated rings. The summed E-state index contributed by atoms with van der Waals surface area (Å²) in [5.74, 6) is 0.167. The fourth-order valence-electron chi connectivity index (χ4n) is 6.97. The first-order valence-corrected chi connectivity index (χ1v) is 18.1. The predicted molar refractivity (Wildman–Crippen MR) is 232 cm³/mol. The van der Waals surface area contributed by atoms with Crippen LogP contribution in [0.2, 0.25) is 0 Å². The summed E-state index contributed by atoms with van der Waals surface area (Å²) in [6, 6.07) is 20.4. The number of aromatic nitrogens is 3. The van der Waals surface area contributed by atoms with Gasteiger partial charge >= 0.3 is 0 Å². The minimum absolute atomic E-state index is 0.175. The minimum Gasteiger partial charge on any atom is -0.208 e. The lowest BCUT2D eigenvalue weighted by Gasteiger charge is -2.12. The van der Waals surface area contributed by atoms with Gasteiger partial charge in [0.05, 0.1) is 20.6 Å². The zero-order valence-corrected chi connectivity index (χ0v) is 29.3. The highest BCUT2D eigenvalue weighted by atomic mass is 32.1. The van der Waals surface area contributed by atoms with Crippen LogP contribution in [0.5, 0.6) is 0 Å². The van der Waals surface area contributed by atoms with E-state index in [1.54, 1.807) is 11.3 Å². The highest BCUT2D eigenvalue weighted by molar-refractivity contribution is 7.25. The molecule has 0 saturated heterocycles. The van der Waals surface area contributed by atoms with Crippen molar-refractivity contribution in [3.63, 3.8) is 0 Å². The molecule has 0 amide bonds. The van der Waals surface area contributed by atoms with Gasteiger partial charge in [-0.05, 0) is 72.7 Å². The van der Waals surface area contributed by atoms with Crippen molar-refractivity contribution < 1.29 is 20.6 Å². The molecule has 4 heteroatoms. The topological polar surface area (TPSA) is 38.7 Å². The van der Waals surface area contributed by atoms with Crippen molar-refractivity contribution in [2.45, 2.75) is 0 Å². The van der Waals surface area contributed by atoms with E-state index in [-0.39, 0.29) is 50.0 Å². The molecule has 9 aromatic carbocycles. The standard InChI is InChI=1S/C51H31N3S/c1-2-11-32(12-3-1)33-21-25-35(26-22-33)49-52-50(54-51(53-49)44-18-10-20-47-48(44)43-17-8-9-19-46(43)55-47)36-27-23-34(24-28-36)37-29-30-42-40-15-5-4-13-38(40)39-14-6-7-16-41(39)45(42)31-37/h1-31H/i4D,5D,6D,7D,13D,14D,15D,16D,23D,24D,27D,28D,29D,30D,31D. The Morgan fingerprint density at radius 1 is 0.345 bits per heavy atom. The molecule has 11 aromatic rings. The molecule has 0 radical (unpaired) electrons. The van der Waals surface area contributed by atoms with E-state index in [1.807, 2.05) is 97.1 Å². The van der Waals surface area contributed by atoms with Crippen LogP contribution in [-0.2, 0) is 0 Å². The van der Waals surface area contributed by atoms with Crippen LogP contribution in [0.3, 0.4) is 0 Å². The highest BCUT2D eigenvalue weighted by Crippen LogP contribution is 2.41. The minimum atomic E-state index is -0.778. The Balaban J connectivity index is 1.19. The second-order valence-electron chi connectivity index (χ2n) is 12.8. The van der Waals surface area contributed by atoms with Crippen LogP contribution in [0.4, 0.5) is 0 Å². The van der Waals surface area contributed by atoms with Gasteiger partial charge < -0.3 is 0 Å². The third-order valence-electron chi connectivity index (χ3n) is 9.57. The Kier molecular flexibility index (Phi) is 4.64. The Morgan fingerprint density at radius 2 is 0.873 bits per heavy atom. The number of fused-ring (bicyclic) bond motifs is 9. The zero-order valence-electron chi connectivity index (χ0n) is 43.5. The smallest absolute Gasteiger partial charge is 0.164 e. The Labute approximate surface area is 342 Å². The van der Waals surface area contributed by atoms with Crippen LogP contribution in [-0.4, -0.2) is 15.0 Å². The van der Waals surface area contributed by atoms with Gasteiger partial charge in [-0.2, -0.15) is 0 Å². The molecule has 0 unspecified atom stereocenters. The molecule has 3 nitrogen and oxygen atoms in total. The molecule has 0 aliphatic carbocycles. The SMILES string of the molecule is [2H]c1c([2H])c(-c2c([2H])c([2H])c3c4c([2H])c([2H])c([2H])c([2H])c4c4c([2H])c([2H])c([2H])c([2H])c4c3c2[2H])c([2H])c([2H])c1-c1nc(-c2ccc(-c3ccccc3)cc2)nc(-c2cccc3sc4ccccc4c23)n1. The Morgan fingerprint density at radius 3 is 1.60 bits per heavy atom. The average molecular weight is 733 g/mol. The lowest BCUT2D eigenvalue weighted by molar-refractivity contribution is 1.08. The molecule has 0 bridgehead atoms. The summed E-state index contributed by atoms with van der Waals surface area (Å²) in [5, 5.41) is -0.349. The number of hydrogen-bond acceptors (Lipinski definition) is 4. The lowest BCUT2D eigenvalue weighted by atomic mass is 9.92. The summed E-state index contributed by atoms with van der Waals surface area (Å²) >= 11 is 1.59. The molecule has 0 aliphatic heterocycles. The summed E-state index contributed by atoms with van der Waals surface area (Å²) in [6.45, 7) is 0. The summed E-state index contributed by atoms with van der Waals surface area (Å²) < 4.78 is 138. The van der Waals surface area contributed by atoms with Gasteiger partial charge in [0, 0.05) is 36.9 Å². The van der Waals surface area contributed by atoms with Crippen LogP contribution in [0.15, 0.2) is 188 Å². The summed E-state index contributed by atoms with van der Waals surface area (Å²) in [5.41, 5.74) is 1.67. The molecule has 2 heterocycles.